The maximum atomic E-state index is 13.6. The highest BCUT2D eigenvalue weighted by Crippen LogP contribution is 2.25. The monoisotopic (exact) mass is 282 g/mol. The molecule has 0 aliphatic heterocycles. The minimum Gasteiger partial charge on any atom is -0.358 e. The van der Waals surface area contributed by atoms with Gasteiger partial charge in [-0.15, -0.1) is 6.58 Å². The van der Waals surface area contributed by atoms with Gasteiger partial charge in [0, 0.05) is 24.2 Å². The topological polar surface area (TPSA) is 19.0 Å². The van der Waals surface area contributed by atoms with E-state index in [4.69, 9.17) is 0 Å². The molecule has 0 bridgehead atoms. The Morgan fingerprint density at radius 1 is 1.35 bits per heavy atom. The van der Waals surface area contributed by atoms with Crippen LogP contribution in [-0.4, -0.2) is 29.5 Å². The van der Waals surface area contributed by atoms with Gasteiger partial charge in [-0.05, 0) is 32.0 Å². The van der Waals surface area contributed by atoms with E-state index in [0.29, 0.717) is 18.4 Å². The molecule has 0 spiro atoms. The van der Waals surface area contributed by atoms with Crippen molar-refractivity contribution in [2.75, 3.05) is 13.6 Å². The van der Waals surface area contributed by atoms with Crippen LogP contribution < -0.4 is 0 Å². The molecule has 2 aromatic rings. The summed E-state index contributed by atoms with van der Waals surface area (Å²) in [5, 5.41) is 0.390. The fourth-order valence-corrected chi connectivity index (χ4v) is 2.11. The molecule has 0 saturated heterocycles. The molecule has 1 unspecified atom stereocenters. The van der Waals surface area contributed by atoms with Crippen molar-refractivity contribution in [3.05, 3.63) is 47.9 Å². The summed E-state index contributed by atoms with van der Waals surface area (Å²) in [5.41, 5.74) is 0.777. The van der Waals surface area contributed by atoms with Crippen LogP contribution in [0.15, 0.2) is 24.9 Å². The number of H-pyrrole nitrogens is 1. The van der Waals surface area contributed by atoms with Gasteiger partial charge in [-0.25, -0.2) is 13.2 Å². The fourth-order valence-electron chi connectivity index (χ4n) is 2.11. The Kier molecular flexibility index (Phi) is 4.18. The van der Waals surface area contributed by atoms with Gasteiger partial charge in [0.2, 0.25) is 0 Å². The van der Waals surface area contributed by atoms with Gasteiger partial charge in [0.15, 0.2) is 17.5 Å². The van der Waals surface area contributed by atoms with Gasteiger partial charge >= 0.3 is 0 Å². The van der Waals surface area contributed by atoms with Gasteiger partial charge < -0.3 is 4.98 Å². The number of nitrogens with zero attached hydrogens (tertiary/aromatic N) is 1. The van der Waals surface area contributed by atoms with Crippen LogP contribution >= 0.6 is 0 Å². The zero-order valence-electron chi connectivity index (χ0n) is 11.5. The number of fused-ring (bicyclic) bond motifs is 1. The van der Waals surface area contributed by atoms with E-state index in [1.807, 2.05) is 20.0 Å². The molecule has 20 heavy (non-hydrogen) atoms. The molecule has 0 aliphatic rings. The number of likely N-dealkylation sites (N-methyl/N-ethyl adjacent to an activating group) is 1. The van der Waals surface area contributed by atoms with E-state index in [1.165, 1.54) is 0 Å². The summed E-state index contributed by atoms with van der Waals surface area (Å²) in [7, 11) is 1.95. The zero-order valence-corrected chi connectivity index (χ0v) is 11.5. The molecular weight excluding hydrogens is 265 g/mol. The minimum absolute atomic E-state index is 0.0123. The lowest BCUT2D eigenvalue weighted by Crippen LogP contribution is -2.29. The zero-order chi connectivity index (χ0) is 14.9. The molecule has 0 aliphatic carbocycles. The summed E-state index contributed by atoms with van der Waals surface area (Å²) in [6.45, 7) is 6.44. The van der Waals surface area contributed by atoms with Crippen molar-refractivity contribution in [1.82, 2.24) is 9.88 Å². The average Bonchev–Trinajstić information content (AvgIpc) is 2.84. The van der Waals surface area contributed by atoms with E-state index in [0.717, 1.165) is 11.6 Å². The number of nitrogens with one attached hydrogen (secondary N) is 1. The van der Waals surface area contributed by atoms with Crippen LogP contribution in [0.4, 0.5) is 13.2 Å². The van der Waals surface area contributed by atoms with Crippen molar-refractivity contribution in [3.8, 4) is 0 Å². The second-order valence-electron chi connectivity index (χ2n) is 4.93. The Labute approximate surface area is 115 Å². The van der Waals surface area contributed by atoms with Crippen LogP contribution in [0.2, 0.25) is 0 Å². The molecule has 0 saturated carbocycles. The van der Waals surface area contributed by atoms with Crippen LogP contribution in [-0.2, 0) is 6.42 Å². The number of rotatable bonds is 5. The third kappa shape index (κ3) is 2.58. The smallest absolute Gasteiger partial charge is 0.196 e. The Bertz CT molecular complexity index is 634. The Morgan fingerprint density at radius 3 is 2.70 bits per heavy atom. The molecule has 1 N–H and O–H groups in total. The first-order valence-electron chi connectivity index (χ1n) is 6.42. The standard InChI is InChI=1S/C15H17F3N2/c1-4-9(2)20(3)6-5-10-8-19-15-11(10)7-12(16)13(17)14(15)18/h4,7-9,19H,1,5-6H2,2-3H3. The van der Waals surface area contributed by atoms with Gasteiger partial charge in [-0.3, -0.25) is 4.90 Å². The van der Waals surface area contributed by atoms with E-state index < -0.39 is 17.5 Å². The molecule has 0 fully saturated rings. The number of halogens is 3. The van der Waals surface area contributed by atoms with Gasteiger partial charge in [-0.1, -0.05) is 6.08 Å². The van der Waals surface area contributed by atoms with Gasteiger partial charge in [0.05, 0.1) is 5.52 Å². The highest BCUT2D eigenvalue weighted by molar-refractivity contribution is 5.84. The summed E-state index contributed by atoms with van der Waals surface area (Å²) in [4.78, 5) is 4.74. The molecule has 0 radical (unpaired) electrons. The van der Waals surface area contributed by atoms with E-state index in [1.54, 1.807) is 6.20 Å². The normalized spacial score (nSPS) is 13.1. The maximum absolute atomic E-state index is 13.6. The first-order chi connectivity index (χ1) is 9.45. The summed E-state index contributed by atoms with van der Waals surface area (Å²) in [5.74, 6) is -3.77. The number of hydrogen-bond acceptors (Lipinski definition) is 1. The molecule has 1 atom stereocenters. The molecule has 1 aromatic carbocycles. The third-order valence-corrected chi connectivity index (χ3v) is 3.67. The van der Waals surface area contributed by atoms with Crippen LogP contribution in [0, 0.1) is 17.5 Å². The van der Waals surface area contributed by atoms with Crippen molar-refractivity contribution >= 4 is 10.9 Å². The van der Waals surface area contributed by atoms with Crippen LogP contribution in [0.25, 0.3) is 10.9 Å². The number of aromatic amines is 1. The Balaban J connectivity index is 2.26. The lowest BCUT2D eigenvalue weighted by Gasteiger charge is -2.21. The van der Waals surface area contributed by atoms with Crippen molar-refractivity contribution in [2.45, 2.75) is 19.4 Å². The highest BCUT2D eigenvalue weighted by Gasteiger charge is 2.17. The molecule has 108 valence electrons. The van der Waals surface area contributed by atoms with Gasteiger partial charge in [-0.2, -0.15) is 0 Å². The van der Waals surface area contributed by atoms with Crippen LogP contribution in [0.3, 0.4) is 0 Å². The summed E-state index contributed by atoms with van der Waals surface area (Å²) < 4.78 is 40.0. The summed E-state index contributed by atoms with van der Waals surface area (Å²) in [6.07, 6.45) is 4.03. The molecular formula is C15H17F3N2. The van der Waals surface area contributed by atoms with Crippen LogP contribution in [0.1, 0.15) is 12.5 Å². The van der Waals surface area contributed by atoms with Crippen molar-refractivity contribution in [1.29, 1.82) is 0 Å². The van der Waals surface area contributed by atoms with E-state index in [9.17, 15) is 13.2 Å². The van der Waals surface area contributed by atoms with E-state index in [-0.39, 0.29) is 11.6 Å². The second kappa shape index (κ2) is 5.71. The fraction of sp³-hybridized carbons (Fsp3) is 0.333. The number of hydrogen-bond donors (Lipinski definition) is 1. The summed E-state index contributed by atoms with van der Waals surface area (Å²) >= 11 is 0. The Morgan fingerprint density at radius 2 is 2.05 bits per heavy atom. The number of aromatic nitrogens is 1. The second-order valence-corrected chi connectivity index (χ2v) is 4.93. The quantitative estimate of drug-likeness (QED) is 0.655. The molecule has 2 nitrogen and oxygen atoms in total. The lowest BCUT2D eigenvalue weighted by molar-refractivity contribution is 0.301. The van der Waals surface area contributed by atoms with E-state index in [2.05, 4.69) is 16.5 Å². The van der Waals surface area contributed by atoms with Crippen molar-refractivity contribution in [3.63, 3.8) is 0 Å². The number of benzene rings is 1. The first kappa shape index (κ1) is 14.7. The minimum atomic E-state index is -1.44. The third-order valence-electron chi connectivity index (χ3n) is 3.67. The molecule has 1 heterocycles. The van der Waals surface area contributed by atoms with Crippen LogP contribution in [0.5, 0.6) is 0 Å². The Hall–Kier alpha value is -1.75. The molecule has 2 rings (SSSR count). The predicted octanol–water partition coefficient (Wildman–Crippen LogP) is 3.63. The lowest BCUT2D eigenvalue weighted by atomic mass is 10.1. The average molecular weight is 282 g/mol. The maximum Gasteiger partial charge on any atom is 0.196 e. The van der Waals surface area contributed by atoms with E-state index >= 15 is 0 Å². The molecule has 1 aromatic heterocycles. The molecule has 5 heteroatoms. The molecule has 0 amide bonds. The highest BCUT2D eigenvalue weighted by atomic mass is 19.2. The summed E-state index contributed by atoms with van der Waals surface area (Å²) in [6, 6.07) is 1.25. The van der Waals surface area contributed by atoms with Crippen molar-refractivity contribution in [2.24, 2.45) is 0 Å². The largest absolute Gasteiger partial charge is 0.358 e. The predicted molar refractivity (Wildman–Crippen MR) is 74.2 cm³/mol. The first-order valence-corrected chi connectivity index (χ1v) is 6.42. The SMILES string of the molecule is C=CC(C)N(C)CCc1c[nH]c2c(F)c(F)c(F)cc12. The van der Waals surface area contributed by atoms with Gasteiger partial charge in [0.25, 0.3) is 0 Å². The van der Waals surface area contributed by atoms with Crippen molar-refractivity contribution < 1.29 is 13.2 Å². The van der Waals surface area contributed by atoms with Gasteiger partial charge in [0.1, 0.15) is 0 Å².